The Bertz CT molecular complexity index is 632. The molecule has 1 saturated heterocycles. The summed E-state index contributed by atoms with van der Waals surface area (Å²) in [7, 11) is -2.93. The number of nitrogens with one attached hydrogen (secondary N) is 1. The lowest BCUT2D eigenvalue weighted by molar-refractivity contribution is 0.106. The quantitative estimate of drug-likeness (QED) is 0.536. The van der Waals surface area contributed by atoms with Gasteiger partial charge in [-0.05, 0) is 57.2 Å². The third kappa shape index (κ3) is 6.10. The summed E-state index contributed by atoms with van der Waals surface area (Å²) in [6.07, 6.45) is 4.00. The number of ether oxygens (including phenoxy) is 1. The van der Waals surface area contributed by atoms with Crippen molar-refractivity contribution < 1.29 is 18.6 Å². The number of benzene rings is 1. The summed E-state index contributed by atoms with van der Waals surface area (Å²) in [4.78, 5) is 12.0. The van der Waals surface area contributed by atoms with Crippen LogP contribution in [0.15, 0.2) is 24.3 Å². The van der Waals surface area contributed by atoms with E-state index in [0.29, 0.717) is 12.2 Å². The Morgan fingerprint density at radius 1 is 1.30 bits per heavy atom. The van der Waals surface area contributed by atoms with Gasteiger partial charge in [0.2, 0.25) is 0 Å². The second kappa shape index (κ2) is 9.28. The van der Waals surface area contributed by atoms with Gasteiger partial charge in [0.05, 0.1) is 5.75 Å². The van der Waals surface area contributed by atoms with Gasteiger partial charge in [-0.15, -0.1) is 10.8 Å². The minimum absolute atomic E-state index is 0.0958. The first-order chi connectivity index (χ1) is 12.7. The molecule has 1 aliphatic rings. The fourth-order valence-corrected chi connectivity index (χ4v) is 5.66. The van der Waals surface area contributed by atoms with Crippen LogP contribution in [0.2, 0.25) is 0 Å². The van der Waals surface area contributed by atoms with Gasteiger partial charge in [-0.2, -0.15) is 0 Å². The van der Waals surface area contributed by atoms with Crippen molar-refractivity contribution in [2.75, 3.05) is 11.9 Å². The molecule has 1 aliphatic heterocycles. The van der Waals surface area contributed by atoms with Gasteiger partial charge in [0.1, 0.15) is 6.10 Å². The van der Waals surface area contributed by atoms with Gasteiger partial charge in [0, 0.05) is 17.8 Å². The van der Waals surface area contributed by atoms with Crippen molar-refractivity contribution in [2.45, 2.75) is 77.2 Å². The van der Waals surface area contributed by atoms with E-state index in [1.807, 2.05) is 24.2 Å². The zero-order valence-corrected chi connectivity index (χ0v) is 17.7. The summed E-state index contributed by atoms with van der Waals surface area (Å²) < 4.78 is 28.9. The van der Waals surface area contributed by atoms with Crippen molar-refractivity contribution in [3.8, 4) is 0 Å². The van der Waals surface area contributed by atoms with E-state index >= 15 is 0 Å². The number of carbonyl (C=O) groups is 1. The molecule has 0 saturated carbocycles. The summed E-state index contributed by atoms with van der Waals surface area (Å²) in [5.74, 6) is 0.146. The van der Waals surface area contributed by atoms with Gasteiger partial charge in [-0.25, -0.2) is 9.10 Å². The number of carbonyl (C=O) groups excluding carboxylic acids is 1. The Hall–Kier alpha value is -1.28. The third-order valence-electron chi connectivity index (χ3n) is 5.15. The highest BCUT2D eigenvalue weighted by Gasteiger charge is 2.38. The number of nitrogens with zero attached hydrogens (tertiary/aromatic N) is 1. The van der Waals surface area contributed by atoms with E-state index in [-0.39, 0.29) is 17.4 Å². The predicted octanol–water partition coefficient (Wildman–Crippen LogP) is 5.85. The minimum Gasteiger partial charge on any atom is -0.446 e. The number of anilines is 1. The monoisotopic (exact) mass is 398 g/mol. The molecule has 1 aromatic rings. The highest BCUT2D eigenvalue weighted by Crippen LogP contribution is 2.53. The lowest BCUT2D eigenvalue weighted by Crippen LogP contribution is -2.48. The first kappa shape index (κ1) is 22.0. The smallest absolute Gasteiger partial charge is 0.411 e. The highest BCUT2D eigenvalue weighted by molar-refractivity contribution is 8.21. The normalized spacial score (nSPS) is 18.3. The van der Waals surface area contributed by atoms with Crippen molar-refractivity contribution in [1.29, 1.82) is 0 Å². The summed E-state index contributed by atoms with van der Waals surface area (Å²) in [6.45, 7) is 8.78. The van der Waals surface area contributed by atoms with Gasteiger partial charge in [0.25, 0.3) is 0 Å². The molecule has 154 valence electrons. The zero-order chi connectivity index (χ0) is 20.1. The molecule has 1 heterocycles. The molecule has 0 spiro atoms. The van der Waals surface area contributed by atoms with Crippen LogP contribution < -0.4 is 5.32 Å². The Morgan fingerprint density at radius 3 is 2.63 bits per heavy atom. The van der Waals surface area contributed by atoms with Crippen molar-refractivity contribution in [3.63, 3.8) is 0 Å². The van der Waals surface area contributed by atoms with E-state index < -0.39 is 16.9 Å². The fraction of sp³-hybridized carbons (Fsp3) is 0.650. The van der Waals surface area contributed by atoms with Crippen molar-refractivity contribution in [1.82, 2.24) is 4.31 Å². The van der Waals surface area contributed by atoms with E-state index in [0.717, 1.165) is 37.7 Å². The fourth-order valence-electron chi connectivity index (χ4n) is 3.58. The highest BCUT2D eigenvalue weighted by atomic mass is 32.3. The molecule has 3 N–H and O–H groups in total. The molecule has 0 aliphatic carbocycles. The summed E-state index contributed by atoms with van der Waals surface area (Å²) in [6, 6.07) is 7.20. The molecule has 2 rings (SSSR count). The molecule has 0 aromatic heterocycles. The molecule has 0 atom stereocenters. The summed E-state index contributed by atoms with van der Waals surface area (Å²) in [5, 5.41) is 2.73. The Morgan fingerprint density at radius 2 is 2.00 bits per heavy atom. The zero-order valence-electron chi connectivity index (χ0n) is 16.9. The number of rotatable bonds is 7. The van der Waals surface area contributed by atoms with E-state index in [1.54, 1.807) is 18.2 Å². The first-order valence-corrected chi connectivity index (χ1v) is 11.5. The molecule has 1 amide bonds. The average molecular weight is 399 g/mol. The SMILES string of the molecule is CCC(CC)OC(=O)Nc1cccc(CS(O)(O)N2CCCCC2(C)C)c1. The molecule has 0 radical (unpaired) electrons. The van der Waals surface area contributed by atoms with Crippen LogP contribution in [0.1, 0.15) is 65.4 Å². The molecule has 1 aromatic carbocycles. The molecule has 0 unspecified atom stereocenters. The number of hydrogen-bond donors (Lipinski definition) is 3. The lowest BCUT2D eigenvalue weighted by Gasteiger charge is -2.53. The predicted molar refractivity (Wildman–Crippen MR) is 112 cm³/mol. The van der Waals surface area contributed by atoms with Crippen LogP contribution in [0.3, 0.4) is 0 Å². The van der Waals surface area contributed by atoms with E-state index in [1.165, 1.54) is 0 Å². The molecule has 7 heteroatoms. The van der Waals surface area contributed by atoms with Crippen LogP contribution in [0.4, 0.5) is 10.5 Å². The van der Waals surface area contributed by atoms with Crippen LogP contribution in [0.5, 0.6) is 0 Å². The molecule has 27 heavy (non-hydrogen) atoms. The summed E-state index contributed by atoms with van der Waals surface area (Å²) in [5.41, 5.74) is 1.14. The average Bonchev–Trinajstić information content (AvgIpc) is 2.58. The van der Waals surface area contributed by atoms with Crippen LogP contribution in [-0.4, -0.2) is 37.7 Å². The van der Waals surface area contributed by atoms with Gasteiger partial charge >= 0.3 is 6.09 Å². The minimum atomic E-state index is -2.93. The topological polar surface area (TPSA) is 82.0 Å². The summed E-state index contributed by atoms with van der Waals surface area (Å²) >= 11 is 0. The first-order valence-electron chi connectivity index (χ1n) is 9.78. The lowest BCUT2D eigenvalue weighted by atomic mass is 9.93. The number of amides is 1. The maximum atomic E-state index is 12.0. The molecule has 1 fully saturated rings. The van der Waals surface area contributed by atoms with Crippen molar-refractivity contribution in [3.05, 3.63) is 29.8 Å². The van der Waals surface area contributed by atoms with Crippen LogP contribution in [0.25, 0.3) is 0 Å². The number of piperidine rings is 1. The standard InChI is InChI=1S/C20H34N2O4S/c1-5-18(6-2)26-19(23)21-17-11-9-10-16(14-17)15-27(24,25)22-13-8-7-12-20(22,3)4/h9-11,14,18,24-25H,5-8,12-13,15H2,1-4H3,(H,21,23). The maximum absolute atomic E-state index is 12.0. The van der Waals surface area contributed by atoms with Gasteiger partial charge < -0.3 is 4.74 Å². The second-order valence-electron chi connectivity index (χ2n) is 7.82. The Labute approximate surface area is 164 Å². The number of hydrogen-bond acceptors (Lipinski definition) is 5. The Kier molecular flexibility index (Phi) is 7.56. The third-order valence-corrected chi connectivity index (χ3v) is 7.25. The van der Waals surface area contributed by atoms with Crippen LogP contribution >= 0.6 is 10.8 Å². The molecular weight excluding hydrogens is 364 g/mol. The molecular formula is C20H34N2O4S. The second-order valence-corrected chi connectivity index (χ2v) is 9.81. The largest absolute Gasteiger partial charge is 0.446 e. The van der Waals surface area contributed by atoms with Crippen molar-refractivity contribution in [2.24, 2.45) is 0 Å². The van der Waals surface area contributed by atoms with Gasteiger partial charge in [-0.1, -0.05) is 32.4 Å². The maximum Gasteiger partial charge on any atom is 0.411 e. The van der Waals surface area contributed by atoms with E-state index in [4.69, 9.17) is 4.74 Å². The van der Waals surface area contributed by atoms with Crippen LogP contribution in [-0.2, 0) is 10.5 Å². The molecule has 0 bridgehead atoms. The van der Waals surface area contributed by atoms with E-state index in [9.17, 15) is 13.9 Å². The molecule has 6 nitrogen and oxygen atoms in total. The van der Waals surface area contributed by atoms with Gasteiger partial charge in [0.15, 0.2) is 0 Å². The van der Waals surface area contributed by atoms with Crippen LogP contribution in [0, 0.1) is 0 Å². The van der Waals surface area contributed by atoms with E-state index in [2.05, 4.69) is 19.2 Å². The van der Waals surface area contributed by atoms with Crippen molar-refractivity contribution >= 4 is 22.6 Å². The Balaban J connectivity index is 2.05. The van der Waals surface area contributed by atoms with Gasteiger partial charge in [-0.3, -0.25) is 14.4 Å².